The number of hydrogen-bond donors (Lipinski definition) is 1. The number of anilines is 2. The number of nitrogens with zero attached hydrogens (tertiary/aromatic N) is 2. The van der Waals surface area contributed by atoms with Crippen LogP contribution in [0, 0.1) is 5.92 Å². The first-order valence-corrected chi connectivity index (χ1v) is 6.37. The molecule has 4 heteroatoms. The molecule has 0 amide bonds. The number of nitrogen functional groups attached to an aromatic ring is 1. The maximum Gasteiger partial charge on any atom is 0.122 e. The second kappa shape index (κ2) is 5.06. The zero-order valence-electron chi connectivity index (χ0n) is 11.7. The standard InChI is InChI=1S/C14H23N3O/c1-10-8-17(9-14(10)16(2)3)12-5-11(15)6-13(7-12)18-4/h5-7,10,14H,8-9,15H2,1-4H3. The lowest BCUT2D eigenvalue weighted by molar-refractivity contribution is 0.266. The predicted molar refractivity (Wildman–Crippen MR) is 76.3 cm³/mol. The molecule has 1 aliphatic heterocycles. The van der Waals surface area contributed by atoms with Gasteiger partial charge in [-0.25, -0.2) is 0 Å². The molecule has 1 heterocycles. The molecular weight excluding hydrogens is 226 g/mol. The van der Waals surface area contributed by atoms with Crippen LogP contribution in [-0.4, -0.2) is 45.2 Å². The molecule has 1 aliphatic rings. The van der Waals surface area contributed by atoms with Gasteiger partial charge in [0.1, 0.15) is 5.75 Å². The maximum atomic E-state index is 5.91. The summed E-state index contributed by atoms with van der Waals surface area (Å²) in [5.41, 5.74) is 7.83. The molecule has 0 spiro atoms. The van der Waals surface area contributed by atoms with Crippen molar-refractivity contribution in [2.75, 3.05) is 44.9 Å². The van der Waals surface area contributed by atoms with Crippen LogP contribution in [0.25, 0.3) is 0 Å². The Kier molecular flexibility index (Phi) is 3.66. The van der Waals surface area contributed by atoms with Gasteiger partial charge in [-0.05, 0) is 26.1 Å². The second-order valence-corrected chi connectivity index (χ2v) is 5.38. The topological polar surface area (TPSA) is 41.7 Å². The van der Waals surface area contributed by atoms with Crippen molar-refractivity contribution in [2.45, 2.75) is 13.0 Å². The van der Waals surface area contributed by atoms with Crippen molar-refractivity contribution in [1.29, 1.82) is 0 Å². The van der Waals surface area contributed by atoms with E-state index in [0.29, 0.717) is 12.0 Å². The Morgan fingerprint density at radius 3 is 2.56 bits per heavy atom. The highest BCUT2D eigenvalue weighted by atomic mass is 16.5. The van der Waals surface area contributed by atoms with E-state index in [2.05, 4.69) is 36.9 Å². The highest BCUT2D eigenvalue weighted by Crippen LogP contribution is 2.30. The van der Waals surface area contributed by atoms with E-state index in [1.807, 2.05) is 12.1 Å². The van der Waals surface area contributed by atoms with Crippen molar-refractivity contribution in [3.63, 3.8) is 0 Å². The second-order valence-electron chi connectivity index (χ2n) is 5.38. The van der Waals surface area contributed by atoms with Crippen LogP contribution in [0.2, 0.25) is 0 Å². The van der Waals surface area contributed by atoms with Crippen LogP contribution in [-0.2, 0) is 0 Å². The average molecular weight is 249 g/mol. The van der Waals surface area contributed by atoms with E-state index in [-0.39, 0.29) is 0 Å². The first kappa shape index (κ1) is 13.0. The van der Waals surface area contributed by atoms with Gasteiger partial charge in [-0.3, -0.25) is 0 Å². The van der Waals surface area contributed by atoms with Gasteiger partial charge in [-0.1, -0.05) is 6.92 Å². The number of rotatable bonds is 3. The third kappa shape index (κ3) is 2.53. The Balaban J connectivity index is 2.20. The molecule has 0 radical (unpaired) electrons. The van der Waals surface area contributed by atoms with Crippen molar-refractivity contribution in [3.05, 3.63) is 18.2 Å². The third-order valence-corrected chi connectivity index (χ3v) is 3.75. The summed E-state index contributed by atoms with van der Waals surface area (Å²) < 4.78 is 5.28. The molecule has 2 rings (SSSR count). The quantitative estimate of drug-likeness (QED) is 0.827. The molecule has 1 fully saturated rings. The highest BCUT2D eigenvalue weighted by Gasteiger charge is 2.31. The minimum absolute atomic E-state index is 0.595. The van der Waals surface area contributed by atoms with E-state index in [4.69, 9.17) is 10.5 Å². The Hall–Kier alpha value is -1.42. The molecule has 2 N–H and O–H groups in total. The third-order valence-electron chi connectivity index (χ3n) is 3.75. The lowest BCUT2D eigenvalue weighted by Gasteiger charge is -2.23. The van der Waals surface area contributed by atoms with Gasteiger partial charge in [0.2, 0.25) is 0 Å². The van der Waals surface area contributed by atoms with Crippen LogP contribution in [0.4, 0.5) is 11.4 Å². The molecule has 0 saturated carbocycles. The fourth-order valence-electron chi connectivity index (χ4n) is 2.74. The fraction of sp³-hybridized carbons (Fsp3) is 0.571. The molecule has 0 aromatic heterocycles. The smallest absolute Gasteiger partial charge is 0.122 e. The zero-order valence-corrected chi connectivity index (χ0v) is 11.7. The fourth-order valence-corrected chi connectivity index (χ4v) is 2.74. The Labute approximate surface area is 109 Å². The first-order valence-electron chi connectivity index (χ1n) is 6.37. The molecule has 100 valence electrons. The summed E-state index contributed by atoms with van der Waals surface area (Å²) >= 11 is 0. The Morgan fingerprint density at radius 2 is 2.00 bits per heavy atom. The van der Waals surface area contributed by atoms with E-state index in [1.165, 1.54) is 0 Å². The average Bonchev–Trinajstić information content (AvgIpc) is 2.70. The van der Waals surface area contributed by atoms with Crippen LogP contribution in [0.3, 0.4) is 0 Å². The molecular formula is C14H23N3O. The van der Waals surface area contributed by atoms with Crippen molar-refractivity contribution < 1.29 is 4.74 Å². The minimum atomic E-state index is 0.595. The zero-order chi connectivity index (χ0) is 13.3. The molecule has 1 aromatic rings. The van der Waals surface area contributed by atoms with Gasteiger partial charge in [-0.15, -0.1) is 0 Å². The molecule has 1 saturated heterocycles. The SMILES string of the molecule is COc1cc(N)cc(N2CC(C)C(N(C)C)C2)c1. The Morgan fingerprint density at radius 1 is 1.28 bits per heavy atom. The van der Waals surface area contributed by atoms with Gasteiger partial charge in [-0.2, -0.15) is 0 Å². The number of ether oxygens (including phenoxy) is 1. The summed E-state index contributed by atoms with van der Waals surface area (Å²) in [7, 11) is 5.96. The largest absolute Gasteiger partial charge is 0.497 e. The van der Waals surface area contributed by atoms with Crippen LogP contribution in [0.1, 0.15) is 6.92 Å². The molecule has 2 unspecified atom stereocenters. The van der Waals surface area contributed by atoms with Gasteiger partial charge >= 0.3 is 0 Å². The normalized spacial score (nSPS) is 23.7. The minimum Gasteiger partial charge on any atom is -0.497 e. The van der Waals surface area contributed by atoms with E-state index < -0.39 is 0 Å². The van der Waals surface area contributed by atoms with Crippen molar-refractivity contribution in [2.24, 2.45) is 5.92 Å². The van der Waals surface area contributed by atoms with Gasteiger partial charge in [0, 0.05) is 42.6 Å². The maximum absolute atomic E-state index is 5.91. The van der Waals surface area contributed by atoms with E-state index in [9.17, 15) is 0 Å². The van der Waals surface area contributed by atoms with Gasteiger partial charge < -0.3 is 20.3 Å². The first-order chi connectivity index (χ1) is 8.51. The summed E-state index contributed by atoms with van der Waals surface area (Å²) in [6, 6.07) is 6.53. The summed E-state index contributed by atoms with van der Waals surface area (Å²) in [5.74, 6) is 1.48. The molecule has 0 bridgehead atoms. The molecule has 2 atom stereocenters. The highest BCUT2D eigenvalue weighted by molar-refractivity contribution is 5.61. The van der Waals surface area contributed by atoms with Gasteiger partial charge in [0.25, 0.3) is 0 Å². The molecule has 1 aromatic carbocycles. The van der Waals surface area contributed by atoms with E-state index in [1.54, 1.807) is 7.11 Å². The summed E-state index contributed by atoms with van der Waals surface area (Å²) in [5, 5.41) is 0. The Bertz CT molecular complexity index is 420. The number of likely N-dealkylation sites (N-methyl/N-ethyl adjacent to an activating group) is 1. The number of nitrogens with two attached hydrogens (primary N) is 1. The number of benzene rings is 1. The molecule has 4 nitrogen and oxygen atoms in total. The molecule has 18 heavy (non-hydrogen) atoms. The molecule has 0 aliphatic carbocycles. The van der Waals surface area contributed by atoms with Crippen LogP contribution >= 0.6 is 0 Å². The lowest BCUT2D eigenvalue weighted by Crippen LogP contribution is -2.34. The monoisotopic (exact) mass is 249 g/mol. The predicted octanol–water partition coefficient (Wildman–Crippen LogP) is 1.66. The van der Waals surface area contributed by atoms with Crippen LogP contribution in [0.15, 0.2) is 18.2 Å². The van der Waals surface area contributed by atoms with Gasteiger partial charge in [0.15, 0.2) is 0 Å². The summed E-state index contributed by atoms with van der Waals surface area (Å²) in [6.45, 7) is 4.41. The van der Waals surface area contributed by atoms with Crippen LogP contribution in [0.5, 0.6) is 5.75 Å². The van der Waals surface area contributed by atoms with E-state index >= 15 is 0 Å². The van der Waals surface area contributed by atoms with Gasteiger partial charge in [0.05, 0.1) is 7.11 Å². The van der Waals surface area contributed by atoms with Crippen molar-refractivity contribution in [1.82, 2.24) is 4.90 Å². The van der Waals surface area contributed by atoms with Crippen molar-refractivity contribution in [3.8, 4) is 5.75 Å². The van der Waals surface area contributed by atoms with Crippen LogP contribution < -0.4 is 15.4 Å². The van der Waals surface area contributed by atoms with Crippen molar-refractivity contribution >= 4 is 11.4 Å². The summed E-state index contributed by atoms with van der Waals surface area (Å²) in [4.78, 5) is 4.68. The summed E-state index contributed by atoms with van der Waals surface area (Å²) in [6.07, 6.45) is 0. The number of hydrogen-bond acceptors (Lipinski definition) is 4. The lowest BCUT2D eigenvalue weighted by atomic mass is 10.1. The van der Waals surface area contributed by atoms with E-state index in [0.717, 1.165) is 30.2 Å². The number of methoxy groups -OCH3 is 1.